The topological polar surface area (TPSA) is 77.1 Å². The number of hydrogen-bond acceptors (Lipinski definition) is 5. The maximum absolute atomic E-state index is 12.7. The largest absolute Gasteiger partial charge is 0.496 e. The number of para-hydroxylation sites is 1. The zero-order valence-corrected chi connectivity index (χ0v) is 18.8. The third kappa shape index (κ3) is 5.38. The summed E-state index contributed by atoms with van der Waals surface area (Å²) in [4.78, 5) is 26.9. The minimum Gasteiger partial charge on any atom is -0.496 e. The Balaban J connectivity index is 1.43. The Morgan fingerprint density at radius 2 is 1.91 bits per heavy atom. The van der Waals surface area contributed by atoms with E-state index in [9.17, 15) is 9.59 Å². The first-order valence-electron chi connectivity index (χ1n) is 10.4. The number of amides is 2. The summed E-state index contributed by atoms with van der Waals surface area (Å²) in [6.45, 7) is 0.858. The highest BCUT2D eigenvalue weighted by molar-refractivity contribution is 6.30. The zero-order valence-electron chi connectivity index (χ0n) is 18.0. The Kier molecular flexibility index (Phi) is 7.00. The van der Waals surface area contributed by atoms with Crippen LogP contribution < -0.4 is 24.4 Å². The molecule has 1 heterocycles. The lowest BCUT2D eigenvalue weighted by Gasteiger charge is -2.30. The number of nitrogens with one attached hydrogen (secondary N) is 1. The number of carbonyl (C=O) groups is 2. The van der Waals surface area contributed by atoms with Crippen molar-refractivity contribution < 1.29 is 23.8 Å². The number of carbonyl (C=O) groups excluding carboxylic acids is 2. The van der Waals surface area contributed by atoms with Crippen molar-refractivity contribution in [1.82, 2.24) is 0 Å². The van der Waals surface area contributed by atoms with Crippen LogP contribution in [0.1, 0.15) is 16.8 Å². The Labute approximate surface area is 196 Å². The Morgan fingerprint density at radius 3 is 2.70 bits per heavy atom. The first-order chi connectivity index (χ1) is 16.0. The van der Waals surface area contributed by atoms with E-state index in [0.29, 0.717) is 53.0 Å². The standard InChI is InChI=1S/C25H23ClN2O5/c1-31-22-6-3-2-5-20(22)25(30)27-18-9-12-23-21(15-18)28(24(29)16-33-23)13-4-14-32-19-10-7-17(26)8-11-19/h2-3,5-12,15H,4,13-14,16H2,1H3,(H,27,30). The molecule has 170 valence electrons. The van der Waals surface area contributed by atoms with E-state index < -0.39 is 0 Å². The van der Waals surface area contributed by atoms with Crippen molar-refractivity contribution in [3.8, 4) is 17.2 Å². The third-order valence-electron chi connectivity index (χ3n) is 5.12. The highest BCUT2D eigenvalue weighted by atomic mass is 35.5. The molecule has 0 atom stereocenters. The molecule has 0 aromatic heterocycles. The normalized spacial score (nSPS) is 12.5. The fourth-order valence-corrected chi connectivity index (χ4v) is 3.63. The van der Waals surface area contributed by atoms with Crippen molar-refractivity contribution in [2.24, 2.45) is 0 Å². The van der Waals surface area contributed by atoms with E-state index >= 15 is 0 Å². The summed E-state index contributed by atoms with van der Waals surface area (Å²) in [5.41, 5.74) is 1.57. The van der Waals surface area contributed by atoms with Gasteiger partial charge in [-0.05, 0) is 61.0 Å². The molecule has 7 nitrogen and oxygen atoms in total. The molecular formula is C25H23ClN2O5. The molecule has 3 aromatic rings. The van der Waals surface area contributed by atoms with Crippen LogP contribution in [0.25, 0.3) is 0 Å². The Hall–Kier alpha value is -3.71. The van der Waals surface area contributed by atoms with Crippen LogP contribution in [-0.2, 0) is 4.79 Å². The molecule has 3 aromatic carbocycles. The average Bonchev–Trinajstić information content (AvgIpc) is 2.84. The van der Waals surface area contributed by atoms with Crippen LogP contribution in [0.15, 0.2) is 66.7 Å². The number of rotatable bonds is 8. The number of methoxy groups -OCH3 is 1. The molecule has 0 fully saturated rings. The van der Waals surface area contributed by atoms with E-state index in [2.05, 4.69) is 5.32 Å². The molecule has 1 aliphatic rings. The number of hydrogen-bond donors (Lipinski definition) is 1. The molecule has 0 aliphatic carbocycles. The predicted octanol–water partition coefficient (Wildman–Crippen LogP) is 4.80. The van der Waals surface area contributed by atoms with E-state index in [-0.39, 0.29) is 18.4 Å². The minimum atomic E-state index is -0.307. The van der Waals surface area contributed by atoms with Gasteiger partial charge in [0.05, 0.1) is 25.0 Å². The molecule has 0 radical (unpaired) electrons. The summed E-state index contributed by atoms with van der Waals surface area (Å²) < 4.78 is 16.6. The van der Waals surface area contributed by atoms with Gasteiger partial charge in [0.1, 0.15) is 17.2 Å². The van der Waals surface area contributed by atoms with Crippen molar-refractivity contribution in [1.29, 1.82) is 0 Å². The van der Waals surface area contributed by atoms with E-state index in [4.69, 9.17) is 25.8 Å². The highest BCUT2D eigenvalue weighted by Gasteiger charge is 2.26. The van der Waals surface area contributed by atoms with Gasteiger partial charge in [-0.1, -0.05) is 23.7 Å². The minimum absolute atomic E-state index is 0.0298. The molecule has 2 amide bonds. The molecule has 4 rings (SSSR count). The lowest BCUT2D eigenvalue weighted by atomic mass is 10.1. The van der Waals surface area contributed by atoms with Crippen molar-refractivity contribution in [3.63, 3.8) is 0 Å². The fraction of sp³-hybridized carbons (Fsp3) is 0.200. The molecule has 0 spiro atoms. The molecule has 0 saturated carbocycles. The van der Waals surface area contributed by atoms with Crippen LogP contribution in [0.2, 0.25) is 5.02 Å². The Bertz CT molecular complexity index is 1150. The highest BCUT2D eigenvalue weighted by Crippen LogP contribution is 2.35. The van der Waals surface area contributed by atoms with Crippen LogP contribution in [0.5, 0.6) is 17.2 Å². The van der Waals surface area contributed by atoms with E-state index in [1.165, 1.54) is 7.11 Å². The molecule has 33 heavy (non-hydrogen) atoms. The summed E-state index contributed by atoms with van der Waals surface area (Å²) in [6.07, 6.45) is 0.617. The summed E-state index contributed by atoms with van der Waals surface area (Å²) in [7, 11) is 1.52. The summed E-state index contributed by atoms with van der Waals surface area (Å²) >= 11 is 5.89. The molecule has 1 aliphatic heterocycles. The predicted molar refractivity (Wildman–Crippen MR) is 127 cm³/mol. The van der Waals surface area contributed by atoms with Gasteiger partial charge < -0.3 is 24.4 Å². The van der Waals surface area contributed by atoms with E-state index in [1.54, 1.807) is 71.6 Å². The van der Waals surface area contributed by atoms with E-state index in [1.807, 2.05) is 0 Å². The number of ether oxygens (including phenoxy) is 3. The summed E-state index contributed by atoms with van der Waals surface area (Å²) in [5, 5.41) is 3.51. The van der Waals surface area contributed by atoms with Crippen LogP contribution in [0.3, 0.4) is 0 Å². The number of benzene rings is 3. The first-order valence-corrected chi connectivity index (χ1v) is 10.8. The second-order valence-corrected chi connectivity index (χ2v) is 7.76. The van der Waals surface area contributed by atoms with Crippen LogP contribution in [-0.4, -0.2) is 38.7 Å². The maximum Gasteiger partial charge on any atom is 0.265 e. The summed E-state index contributed by atoms with van der Waals surface area (Å²) in [6, 6.07) is 19.3. The van der Waals surface area contributed by atoms with E-state index in [0.717, 1.165) is 5.75 Å². The van der Waals surface area contributed by atoms with Crippen molar-refractivity contribution in [2.45, 2.75) is 6.42 Å². The monoisotopic (exact) mass is 466 g/mol. The average molecular weight is 467 g/mol. The molecule has 0 unspecified atom stereocenters. The molecule has 1 N–H and O–H groups in total. The maximum atomic E-state index is 12.7. The van der Waals surface area contributed by atoms with Gasteiger partial charge >= 0.3 is 0 Å². The lowest BCUT2D eigenvalue weighted by molar-refractivity contribution is -0.121. The Morgan fingerprint density at radius 1 is 1.12 bits per heavy atom. The second kappa shape index (κ2) is 10.3. The van der Waals surface area contributed by atoms with Gasteiger partial charge in [0, 0.05) is 17.3 Å². The molecular weight excluding hydrogens is 444 g/mol. The van der Waals surface area contributed by atoms with Crippen LogP contribution in [0, 0.1) is 0 Å². The number of nitrogens with zero attached hydrogens (tertiary/aromatic N) is 1. The number of halogens is 1. The van der Waals surface area contributed by atoms with Gasteiger partial charge in [0.15, 0.2) is 6.61 Å². The van der Waals surface area contributed by atoms with Crippen molar-refractivity contribution >= 4 is 34.8 Å². The molecule has 0 bridgehead atoms. The third-order valence-corrected chi connectivity index (χ3v) is 5.37. The van der Waals surface area contributed by atoms with Gasteiger partial charge in [-0.15, -0.1) is 0 Å². The SMILES string of the molecule is COc1ccccc1C(=O)Nc1ccc2c(c1)N(CCCOc1ccc(Cl)cc1)C(=O)CO2. The number of fused-ring (bicyclic) bond motifs is 1. The van der Waals surface area contributed by atoms with Crippen LogP contribution >= 0.6 is 11.6 Å². The summed E-state index contributed by atoms with van der Waals surface area (Å²) in [5.74, 6) is 1.33. The van der Waals surface area contributed by atoms with Gasteiger partial charge in [0.25, 0.3) is 11.8 Å². The zero-order chi connectivity index (χ0) is 23.2. The number of anilines is 2. The van der Waals surface area contributed by atoms with Crippen molar-refractivity contribution in [3.05, 3.63) is 77.3 Å². The molecule has 0 saturated heterocycles. The first kappa shape index (κ1) is 22.5. The fourth-order valence-electron chi connectivity index (χ4n) is 3.50. The molecule has 8 heteroatoms. The van der Waals surface area contributed by atoms with Gasteiger partial charge in [-0.3, -0.25) is 9.59 Å². The van der Waals surface area contributed by atoms with Gasteiger partial charge in [-0.25, -0.2) is 0 Å². The van der Waals surface area contributed by atoms with Gasteiger partial charge in [-0.2, -0.15) is 0 Å². The van der Waals surface area contributed by atoms with Crippen molar-refractivity contribution in [2.75, 3.05) is 37.1 Å². The van der Waals surface area contributed by atoms with Gasteiger partial charge in [0.2, 0.25) is 0 Å². The second-order valence-electron chi connectivity index (χ2n) is 7.33. The quantitative estimate of drug-likeness (QED) is 0.483. The lowest BCUT2D eigenvalue weighted by Crippen LogP contribution is -2.39. The van der Waals surface area contributed by atoms with Crippen LogP contribution in [0.4, 0.5) is 11.4 Å². The smallest absolute Gasteiger partial charge is 0.265 e.